The van der Waals surface area contributed by atoms with Gasteiger partial charge in [-0.2, -0.15) is 0 Å². The van der Waals surface area contributed by atoms with Crippen LogP contribution in [0.5, 0.6) is 0 Å². The molecule has 0 bridgehead atoms. The zero-order valence-electron chi connectivity index (χ0n) is 12.0. The quantitative estimate of drug-likeness (QED) is 0.586. The van der Waals surface area contributed by atoms with Crippen molar-refractivity contribution in [2.75, 3.05) is 5.43 Å². The van der Waals surface area contributed by atoms with E-state index in [4.69, 9.17) is 5.84 Å². The molecule has 2 aromatic rings. The number of aryl methyl sites for hydroxylation is 2. The largest absolute Gasteiger partial charge is 0.331 e. The Labute approximate surface area is 121 Å². The Balaban J connectivity index is 2.44. The molecule has 0 saturated carbocycles. The van der Waals surface area contributed by atoms with Crippen molar-refractivity contribution in [1.82, 2.24) is 19.1 Å². The molecule has 0 atom stereocenters. The summed E-state index contributed by atoms with van der Waals surface area (Å²) >= 11 is 0. The first kappa shape index (κ1) is 14.9. The monoisotopic (exact) mass is 290 g/mol. The van der Waals surface area contributed by atoms with Crippen LogP contribution < -0.4 is 22.5 Å². The van der Waals surface area contributed by atoms with Crippen LogP contribution in [0.25, 0.3) is 0 Å². The minimum absolute atomic E-state index is 0.0125. The summed E-state index contributed by atoms with van der Waals surface area (Å²) in [5.74, 6) is 6.13. The van der Waals surface area contributed by atoms with E-state index in [-0.39, 0.29) is 17.8 Å². The highest BCUT2D eigenvalue weighted by Gasteiger charge is 2.08. The molecule has 112 valence electrons. The van der Waals surface area contributed by atoms with E-state index in [1.807, 2.05) is 6.92 Å². The van der Waals surface area contributed by atoms with Crippen LogP contribution in [0.15, 0.2) is 27.9 Å². The zero-order valence-corrected chi connectivity index (χ0v) is 12.0. The van der Waals surface area contributed by atoms with E-state index in [9.17, 15) is 9.59 Å². The Hall–Kier alpha value is -2.48. The van der Waals surface area contributed by atoms with Crippen molar-refractivity contribution in [2.45, 2.75) is 33.4 Å². The summed E-state index contributed by atoms with van der Waals surface area (Å²) < 4.78 is 2.62. The van der Waals surface area contributed by atoms with E-state index in [0.717, 1.165) is 11.0 Å². The molecular formula is C13H18N6O2. The molecule has 2 aromatic heterocycles. The number of hydrogen-bond acceptors (Lipinski definition) is 6. The minimum Gasteiger partial charge on any atom is -0.308 e. The van der Waals surface area contributed by atoms with Gasteiger partial charge < -0.3 is 9.99 Å². The van der Waals surface area contributed by atoms with Crippen LogP contribution >= 0.6 is 0 Å². The van der Waals surface area contributed by atoms with Crippen molar-refractivity contribution in [1.29, 1.82) is 0 Å². The maximum absolute atomic E-state index is 12.3. The van der Waals surface area contributed by atoms with Gasteiger partial charge in [-0.05, 0) is 13.3 Å². The fraction of sp³-hybridized carbons (Fsp3) is 0.385. The van der Waals surface area contributed by atoms with Crippen LogP contribution in [-0.2, 0) is 13.1 Å². The Bertz CT molecular complexity index is 749. The minimum atomic E-state index is -0.375. The van der Waals surface area contributed by atoms with Gasteiger partial charge in [-0.25, -0.2) is 20.6 Å². The number of nitrogen functional groups attached to an aromatic ring is 1. The standard InChI is InChI=1S/C13H18N6O2/c1-3-5-18-6-4-12(20)19(13(18)21)8-11-15-9(2)7-10(16-11)17-14/h4,6-7H,3,5,8,14H2,1-2H3,(H,15,16,17). The second-order valence-corrected chi connectivity index (χ2v) is 4.67. The molecule has 3 N–H and O–H groups in total. The van der Waals surface area contributed by atoms with Gasteiger partial charge >= 0.3 is 5.69 Å². The van der Waals surface area contributed by atoms with Crippen LogP contribution in [0, 0.1) is 6.92 Å². The molecule has 8 heteroatoms. The Morgan fingerprint density at radius 2 is 2.10 bits per heavy atom. The van der Waals surface area contributed by atoms with Crippen molar-refractivity contribution in [2.24, 2.45) is 5.84 Å². The number of rotatable bonds is 5. The predicted octanol–water partition coefficient (Wildman–Crippen LogP) is -0.148. The summed E-state index contributed by atoms with van der Waals surface area (Å²) in [5.41, 5.74) is 2.39. The van der Waals surface area contributed by atoms with E-state index in [2.05, 4.69) is 15.4 Å². The molecule has 0 aromatic carbocycles. The number of hydrazine groups is 1. The highest BCUT2D eigenvalue weighted by Crippen LogP contribution is 2.04. The van der Waals surface area contributed by atoms with Crippen LogP contribution in [-0.4, -0.2) is 19.1 Å². The van der Waals surface area contributed by atoms with Gasteiger partial charge in [-0.3, -0.25) is 9.36 Å². The van der Waals surface area contributed by atoms with E-state index >= 15 is 0 Å². The second kappa shape index (κ2) is 6.31. The summed E-state index contributed by atoms with van der Waals surface area (Å²) in [6.45, 7) is 4.32. The lowest BCUT2D eigenvalue weighted by atomic mass is 10.4. The van der Waals surface area contributed by atoms with Gasteiger partial charge in [-0.1, -0.05) is 6.92 Å². The molecule has 2 rings (SSSR count). The fourth-order valence-corrected chi connectivity index (χ4v) is 2.03. The molecule has 0 unspecified atom stereocenters. The van der Waals surface area contributed by atoms with Crippen molar-refractivity contribution < 1.29 is 0 Å². The van der Waals surface area contributed by atoms with Gasteiger partial charge in [0.05, 0.1) is 6.54 Å². The van der Waals surface area contributed by atoms with E-state index < -0.39 is 0 Å². The van der Waals surface area contributed by atoms with Gasteiger partial charge in [-0.15, -0.1) is 0 Å². The SMILES string of the molecule is CCCn1ccc(=O)n(Cc2nc(C)cc(NN)n2)c1=O. The van der Waals surface area contributed by atoms with Crippen LogP contribution in [0.1, 0.15) is 24.9 Å². The Morgan fingerprint density at radius 1 is 1.33 bits per heavy atom. The maximum Gasteiger partial charge on any atom is 0.331 e. The molecule has 0 spiro atoms. The van der Waals surface area contributed by atoms with E-state index in [0.29, 0.717) is 23.9 Å². The van der Waals surface area contributed by atoms with Crippen molar-refractivity contribution >= 4 is 5.82 Å². The highest BCUT2D eigenvalue weighted by molar-refractivity contribution is 5.33. The van der Waals surface area contributed by atoms with E-state index in [1.165, 1.54) is 16.8 Å². The first-order valence-corrected chi connectivity index (χ1v) is 6.66. The van der Waals surface area contributed by atoms with Crippen molar-refractivity contribution in [3.63, 3.8) is 0 Å². The third-order valence-corrected chi connectivity index (χ3v) is 2.95. The van der Waals surface area contributed by atoms with Gasteiger partial charge in [0.25, 0.3) is 5.56 Å². The fourth-order valence-electron chi connectivity index (χ4n) is 2.03. The molecule has 0 aliphatic heterocycles. The summed E-state index contributed by atoms with van der Waals surface area (Å²) in [6, 6.07) is 3.04. The molecule has 2 heterocycles. The first-order valence-electron chi connectivity index (χ1n) is 6.66. The molecule has 0 fully saturated rings. The van der Waals surface area contributed by atoms with E-state index in [1.54, 1.807) is 13.0 Å². The molecule has 0 saturated heterocycles. The average Bonchev–Trinajstić information content (AvgIpc) is 2.46. The zero-order chi connectivity index (χ0) is 15.4. The number of nitrogens with two attached hydrogens (primary N) is 1. The average molecular weight is 290 g/mol. The van der Waals surface area contributed by atoms with Gasteiger partial charge in [0.1, 0.15) is 5.82 Å². The summed E-state index contributed by atoms with van der Waals surface area (Å²) in [7, 11) is 0. The molecule has 0 radical (unpaired) electrons. The topological polar surface area (TPSA) is 108 Å². The lowest BCUT2D eigenvalue weighted by molar-refractivity contribution is 0.562. The summed E-state index contributed by atoms with van der Waals surface area (Å²) in [6.07, 6.45) is 2.31. The van der Waals surface area contributed by atoms with Gasteiger partial charge in [0, 0.05) is 30.6 Å². The number of hydrogen-bond donors (Lipinski definition) is 2. The lowest BCUT2D eigenvalue weighted by Gasteiger charge is -2.09. The summed E-state index contributed by atoms with van der Waals surface area (Å²) in [5, 5.41) is 0. The van der Waals surface area contributed by atoms with Crippen LogP contribution in [0.4, 0.5) is 5.82 Å². The molecular weight excluding hydrogens is 272 g/mol. The second-order valence-electron chi connectivity index (χ2n) is 4.67. The Morgan fingerprint density at radius 3 is 2.76 bits per heavy atom. The molecule has 0 amide bonds. The third-order valence-electron chi connectivity index (χ3n) is 2.95. The lowest BCUT2D eigenvalue weighted by Crippen LogP contribution is -2.39. The molecule has 0 aliphatic carbocycles. The molecule has 21 heavy (non-hydrogen) atoms. The van der Waals surface area contributed by atoms with Crippen LogP contribution in [0.2, 0.25) is 0 Å². The smallest absolute Gasteiger partial charge is 0.308 e. The highest BCUT2D eigenvalue weighted by atomic mass is 16.2. The number of aromatic nitrogens is 4. The molecule has 8 nitrogen and oxygen atoms in total. The van der Waals surface area contributed by atoms with Gasteiger partial charge in [0.15, 0.2) is 5.82 Å². The number of nitrogens with zero attached hydrogens (tertiary/aromatic N) is 4. The first-order chi connectivity index (χ1) is 10.0. The number of nitrogens with one attached hydrogen (secondary N) is 1. The van der Waals surface area contributed by atoms with Crippen LogP contribution in [0.3, 0.4) is 0 Å². The normalized spacial score (nSPS) is 10.6. The van der Waals surface area contributed by atoms with Crippen molar-refractivity contribution in [3.8, 4) is 0 Å². The maximum atomic E-state index is 12.3. The molecule has 0 aliphatic rings. The third kappa shape index (κ3) is 3.34. The predicted molar refractivity (Wildman–Crippen MR) is 78.9 cm³/mol. The Kier molecular flexibility index (Phi) is 4.49. The van der Waals surface area contributed by atoms with Gasteiger partial charge in [0.2, 0.25) is 0 Å². The van der Waals surface area contributed by atoms with Crippen molar-refractivity contribution in [3.05, 3.63) is 50.7 Å². The summed E-state index contributed by atoms with van der Waals surface area (Å²) in [4.78, 5) is 32.5. The number of anilines is 1.